The van der Waals surface area contributed by atoms with Gasteiger partial charge < -0.3 is 4.74 Å². The average Bonchev–Trinajstić information content (AvgIpc) is 2.28. The summed E-state index contributed by atoms with van der Waals surface area (Å²) in [5, 5.41) is 0. The van der Waals surface area contributed by atoms with Crippen LogP contribution in [0.4, 0.5) is 0 Å². The summed E-state index contributed by atoms with van der Waals surface area (Å²) < 4.78 is 4.97. The molecule has 0 heterocycles. The average molecular weight is 218 g/mol. The molecule has 0 N–H and O–H groups in total. The standard InChI is InChI=1S/C14H18O2/c1-5-16-14(15)12(4)11(3)13-8-6-10(2)7-9-13/h6-9H,5H2,1-4H3. The Labute approximate surface area is 96.9 Å². The summed E-state index contributed by atoms with van der Waals surface area (Å²) in [6.45, 7) is 8.01. The van der Waals surface area contributed by atoms with Gasteiger partial charge in [0.15, 0.2) is 0 Å². The molecule has 0 aromatic heterocycles. The van der Waals surface area contributed by atoms with Gasteiger partial charge in [-0.15, -0.1) is 0 Å². The van der Waals surface area contributed by atoms with Gasteiger partial charge in [-0.05, 0) is 38.8 Å². The van der Waals surface area contributed by atoms with Crippen molar-refractivity contribution in [1.29, 1.82) is 0 Å². The predicted octanol–water partition coefficient (Wildman–Crippen LogP) is 3.35. The van der Waals surface area contributed by atoms with Gasteiger partial charge in [0.2, 0.25) is 0 Å². The van der Waals surface area contributed by atoms with E-state index in [9.17, 15) is 4.79 Å². The first-order chi connectivity index (χ1) is 7.56. The number of esters is 1. The highest BCUT2D eigenvalue weighted by Gasteiger charge is 2.09. The smallest absolute Gasteiger partial charge is 0.333 e. The van der Waals surface area contributed by atoms with E-state index >= 15 is 0 Å². The number of carbonyl (C=O) groups excluding carboxylic acids is 1. The summed E-state index contributed by atoms with van der Waals surface area (Å²) in [6, 6.07) is 8.12. The fourth-order valence-corrected chi connectivity index (χ4v) is 1.41. The lowest BCUT2D eigenvalue weighted by atomic mass is 10.0. The van der Waals surface area contributed by atoms with E-state index in [-0.39, 0.29) is 5.97 Å². The summed E-state index contributed by atoms with van der Waals surface area (Å²) in [5.74, 6) is -0.236. The van der Waals surface area contributed by atoms with Crippen LogP contribution in [0.2, 0.25) is 0 Å². The highest BCUT2D eigenvalue weighted by atomic mass is 16.5. The molecular formula is C14H18O2. The molecule has 0 aliphatic heterocycles. The molecule has 0 radical (unpaired) electrons. The summed E-state index contributed by atoms with van der Waals surface area (Å²) in [7, 11) is 0. The molecule has 0 bridgehead atoms. The van der Waals surface area contributed by atoms with Crippen LogP contribution >= 0.6 is 0 Å². The second-order valence-electron chi connectivity index (χ2n) is 3.84. The molecule has 86 valence electrons. The monoisotopic (exact) mass is 218 g/mol. The van der Waals surface area contributed by atoms with E-state index in [0.29, 0.717) is 12.2 Å². The molecule has 0 saturated heterocycles. The molecule has 1 aromatic carbocycles. The van der Waals surface area contributed by atoms with E-state index in [2.05, 4.69) is 0 Å². The van der Waals surface area contributed by atoms with E-state index in [1.165, 1.54) is 5.56 Å². The Morgan fingerprint density at radius 1 is 1.19 bits per heavy atom. The fourth-order valence-electron chi connectivity index (χ4n) is 1.41. The fraction of sp³-hybridized carbons (Fsp3) is 0.357. The van der Waals surface area contributed by atoms with Crippen molar-refractivity contribution in [2.75, 3.05) is 6.61 Å². The van der Waals surface area contributed by atoms with Crippen molar-refractivity contribution in [1.82, 2.24) is 0 Å². The molecule has 0 fully saturated rings. The van der Waals surface area contributed by atoms with Gasteiger partial charge in [-0.1, -0.05) is 29.8 Å². The van der Waals surface area contributed by atoms with Crippen LogP contribution in [-0.4, -0.2) is 12.6 Å². The molecule has 0 atom stereocenters. The van der Waals surface area contributed by atoms with Gasteiger partial charge in [0.25, 0.3) is 0 Å². The van der Waals surface area contributed by atoms with Crippen LogP contribution in [-0.2, 0) is 9.53 Å². The van der Waals surface area contributed by atoms with Crippen molar-refractivity contribution in [3.8, 4) is 0 Å². The number of carbonyl (C=O) groups is 1. The zero-order chi connectivity index (χ0) is 12.1. The number of benzene rings is 1. The Balaban J connectivity index is 2.99. The highest BCUT2D eigenvalue weighted by Crippen LogP contribution is 2.19. The largest absolute Gasteiger partial charge is 0.463 e. The van der Waals surface area contributed by atoms with E-state index in [1.807, 2.05) is 45.0 Å². The summed E-state index contributed by atoms with van der Waals surface area (Å²) >= 11 is 0. The number of hydrogen-bond donors (Lipinski definition) is 0. The maximum atomic E-state index is 11.5. The predicted molar refractivity (Wildman–Crippen MR) is 66.1 cm³/mol. The lowest BCUT2D eigenvalue weighted by Crippen LogP contribution is -2.06. The third-order valence-electron chi connectivity index (χ3n) is 2.63. The molecule has 2 nitrogen and oxygen atoms in total. The molecule has 0 amide bonds. The summed E-state index contributed by atoms with van der Waals surface area (Å²) in [4.78, 5) is 11.5. The SMILES string of the molecule is CCOC(=O)C(C)=C(C)c1ccc(C)cc1. The first-order valence-corrected chi connectivity index (χ1v) is 5.48. The van der Waals surface area contributed by atoms with Crippen molar-refractivity contribution in [2.45, 2.75) is 27.7 Å². The molecule has 2 heteroatoms. The van der Waals surface area contributed by atoms with Crippen LogP contribution in [0.3, 0.4) is 0 Å². The van der Waals surface area contributed by atoms with Crippen molar-refractivity contribution in [3.63, 3.8) is 0 Å². The first kappa shape index (κ1) is 12.5. The zero-order valence-corrected chi connectivity index (χ0v) is 10.3. The van der Waals surface area contributed by atoms with E-state index in [4.69, 9.17) is 4.74 Å². The third-order valence-corrected chi connectivity index (χ3v) is 2.63. The van der Waals surface area contributed by atoms with Gasteiger partial charge in [-0.25, -0.2) is 4.79 Å². The van der Waals surface area contributed by atoms with Gasteiger partial charge in [0, 0.05) is 5.57 Å². The number of allylic oxidation sites excluding steroid dienone is 1. The Morgan fingerprint density at radius 2 is 1.75 bits per heavy atom. The maximum Gasteiger partial charge on any atom is 0.333 e. The molecule has 1 rings (SSSR count). The van der Waals surface area contributed by atoms with Gasteiger partial charge >= 0.3 is 5.97 Å². The van der Waals surface area contributed by atoms with E-state index in [0.717, 1.165) is 11.1 Å². The van der Waals surface area contributed by atoms with Gasteiger partial charge in [-0.2, -0.15) is 0 Å². The van der Waals surface area contributed by atoms with Crippen LogP contribution in [0.15, 0.2) is 29.8 Å². The van der Waals surface area contributed by atoms with Gasteiger partial charge in [0.05, 0.1) is 6.61 Å². The highest BCUT2D eigenvalue weighted by molar-refractivity contribution is 5.96. The van der Waals surface area contributed by atoms with Crippen LogP contribution in [0, 0.1) is 6.92 Å². The second-order valence-corrected chi connectivity index (χ2v) is 3.84. The van der Waals surface area contributed by atoms with Crippen LogP contribution in [0.25, 0.3) is 5.57 Å². The van der Waals surface area contributed by atoms with Crippen LogP contribution in [0.1, 0.15) is 31.9 Å². The van der Waals surface area contributed by atoms with E-state index < -0.39 is 0 Å². The van der Waals surface area contributed by atoms with Crippen LogP contribution < -0.4 is 0 Å². The number of rotatable bonds is 3. The Kier molecular flexibility index (Phi) is 4.29. The molecule has 0 spiro atoms. The Hall–Kier alpha value is -1.57. The Morgan fingerprint density at radius 3 is 2.25 bits per heavy atom. The second kappa shape index (κ2) is 5.50. The number of hydrogen-bond acceptors (Lipinski definition) is 2. The molecule has 0 aliphatic carbocycles. The molecule has 0 unspecified atom stereocenters. The maximum absolute atomic E-state index is 11.5. The van der Waals surface area contributed by atoms with Gasteiger partial charge in [0.1, 0.15) is 0 Å². The first-order valence-electron chi connectivity index (χ1n) is 5.48. The Bertz CT molecular complexity index is 399. The summed E-state index contributed by atoms with van der Waals surface area (Å²) in [6.07, 6.45) is 0. The zero-order valence-electron chi connectivity index (χ0n) is 10.3. The minimum Gasteiger partial charge on any atom is -0.463 e. The van der Waals surface area contributed by atoms with Crippen molar-refractivity contribution >= 4 is 11.5 Å². The lowest BCUT2D eigenvalue weighted by molar-refractivity contribution is -0.138. The minimum absolute atomic E-state index is 0.236. The molecule has 1 aromatic rings. The normalized spacial score (nSPS) is 12.0. The van der Waals surface area contributed by atoms with Gasteiger partial charge in [-0.3, -0.25) is 0 Å². The lowest BCUT2D eigenvalue weighted by Gasteiger charge is -2.07. The topological polar surface area (TPSA) is 26.3 Å². The molecular weight excluding hydrogens is 200 g/mol. The van der Waals surface area contributed by atoms with Crippen molar-refractivity contribution in [2.24, 2.45) is 0 Å². The molecule has 16 heavy (non-hydrogen) atoms. The summed E-state index contributed by atoms with van der Waals surface area (Å²) in [5.41, 5.74) is 3.92. The minimum atomic E-state index is -0.236. The van der Waals surface area contributed by atoms with Crippen molar-refractivity contribution < 1.29 is 9.53 Å². The van der Waals surface area contributed by atoms with Crippen molar-refractivity contribution in [3.05, 3.63) is 41.0 Å². The van der Waals surface area contributed by atoms with E-state index in [1.54, 1.807) is 6.92 Å². The number of ether oxygens (including phenoxy) is 1. The van der Waals surface area contributed by atoms with Crippen LogP contribution in [0.5, 0.6) is 0 Å². The number of aryl methyl sites for hydroxylation is 1. The quantitative estimate of drug-likeness (QED) is 0.574. The molecule has 0 saturated carbocycles. The third kappa shape index (κ3) is 2.96. The molecule has 0 aliphatic rings.